The topological polar surface area (TPSA) is 109 Å². The van der Waals surface area contributed by atoms with Crippen molar-refractivity contribution < 1.29 is 23.1 Å². The number of sulfonamides is 1. The summed E-state index contributed by atoms with van der Waals surface area (Å²) < 4.78 is 33.4. The maximum atomic E-state index is 13.5. The van der Waals surface area contributed by atoms with Gasteiger partial charge >= 0.3 is 0 Å². The molecule has 3 heterocycles. The molecule has 8 nitrogen and oxygen atoms in total. The standard InChI is InChI=1S/C30H33N3O5S/c1-29(2)19-38-26-13-10-21(17-24(26)29)30(14-15-30)28(35)32-27-7-3-6-25(31-27)20-8-11-23(12-9-20)39(36,37)33-16-4-5-22(33)18-34/h3,6-13,17,22,34H,4-5,14-16,18-19H2,1-2H3,(H,31,32,35)/t22-/m1/s1. The van der Waals surface area contributed by atoms with Gasteiger partial charge in [0.15, 0.2) is 0 Å². The normalized spacial score (nSPS) is 21.3. The number of ether oxygens (including phenoxy) is 1. The molecule has 1 aromatic heterocycles. The Bertz CT molecular complexity index is 1530. The Balaban J connectivity index is 1.20. The van der Waals surface area contributed by atoms with E-state index >= 15 is 0 Å². The summed E-state index contributed by atoms with van der Waals surface area (Å²) in [5.74, 6) is 1.27. The van der Waals surface area contributed by atoms with E-state index in [0.29, 0.717) is 31.1 Å². The zero-order chi connectivity index (χ0) is 27.4. The SMILES string of the molecule is CC1(C)COc2ccc(C3(C(=O)Nc4cccc(-c5ccc(S(=O)(=O)N6CCC[C@@H]6CO)cc5)n4)CC3)cc21. The highest BCUT2D eigenvalue weighted by molar-refractivity contribution is 7.89. The zero-order valence-electron chi connectivity index (χ0n) is 22.2. The highest BCUT2D eigenvalue weighted by Gasteiger charge is 2.52. The summed E-state index contributed by atoms with van der Waals surface area (Å²) in [5.41, 5.74) is 2.87. The Hall–Kier alpha value is -3.27. The number of fused-ring (bicyclic) bond motifs is 1. The van der Waals surface area contributed by atoms with Crippen molar-refractivity contribution in [2.75, 3.05) is 25.1 Å². The predicted octanol–water partition coefficient (Wildman–Crippen LogP) is 4.23. The van der Waals surface area contributed by atoms with Crippen LogP contribution >= 0.6 is 0 Å². The van der Waals surface area contributed by atoms with E-state index in [1.165, 1.54) is 4.31 Å². The van der Waals surface area contributed by atoms with Crippen LogP contribution in [0.3, 0.4) is 0 Å². The molecular weight excluding hydrogens is 514 g/mol. The van der Waals surface area contributed by atoms with Crippen molar-refractivity contribution in [2.45, 2.75) is 61.3 Å². The number of rotatable bonds is 7. The fraction of sp³-hybridized carbons (Fsp3) is 0.400. The molecule has 2 aromatic carbocycles. The maximum Gasteiger partial charge on any atom is 0.243 e. The van der Waals surface area contributed by atoms with Gasteiger partial charge in [-0.05, 0) is 61.6 Å². The molecule has 1 amide bonds. The van der Waals surface area contributed by atoms with Gasteiger partial charge in [-0.15, -0.1) is 0 Å². The summed E-state index contributed by atoms with van der Waals surface area (Å²) in [6.45, 7) is 5.17. The van der Waals surface area contributed by atoms with Crippen molar-refractivity contribution in [1.82, 2.24) is 9.29 Å². The average Bonchev–Trinajstić information content (AvgIpc) is 3.50. The molecule has 9 heteroatoms. The lowest BCUT2D eigenvalue weighted by Crippen LogP contribution is -2.37. The molecule has 1 saturated carbocycles. The molecule has 39 heavy (non-hydrogen) atoms. The van der Waals surface area contributed by atoms with E-state index < -0.39 is 15.4 Å². The van der Waals surface area contributed by atoms with E-state index in [9.17, 15) is 18.3 Å². The average molecular weight is 548 g/mol. The lowest BCUT2D eigenvalue weighted by atomic mass is 9.83. The van der Waals surface area contributed by atoms with Crippen LogP contribution in [0, 0.1) is 0 Å². The van der Waals surface area contributed by atoms with Crippen molar-refractivity contribution >= 4 is 21.7 Å². The van der Waals surface area contributed by atoms with Crippen molar-refractivity contribution in [3.63, 3.8) is 0 Å². The monoisotopic (exact) mass is 547 g/mol. The number of benzene rings is 2. The van der Waals surface area contributed by atoms with Crippen molar-refractivity contribution in [3.05, 3.63) is 71.8 Å². The summed E-state index contributed by atoms with van der Waals surface area (Å²) >= 11 is 0. The highest BCUT2D eigenvalue weighted by atomic mass is 32.2. The van der Waals surface area contributed by atoms with Gasteiger partial charge in [0, 0.05) is 29.1 Å². The third-order valence-corrected chi connectivity index (χ3v) is 10.3. The summed E-state index contributed by atoms with van der Waals surface area (Å²) in [7, 11) is -3.68. The van der Waals surface area contributed by atoms with E-state index in [-0.39, 0.29) is 28.9 Å². The quantitative estimate of drug-likeness (QED) is 0.458. The van der Waals surface area contributed by atoms with Crippen LogP contribution in [0.5, 0.6) is 5.75 Å². The number of carbonyl (C=O) groups is 1. The van der Waals surface area contributed by atoms with Gasteiger partial charge in [0.05, 0.1) is 29.2 Å². The second-order valence-corrected chi connectivity index (χ2v) is 13.3. The van der Waals surface area contributed by atoms with Gasteiger partial charge in [-0.2, -0.15) is 4.31 Å². The number of pyridine rings is 1. The molecule has 0 bridgehead atoms. The number of nitrogens with one attached hydrogen (secondary N) is 1. The Kier molecular flexibility index (Phi) is 6.28. The fourth-order valence-corrected chi connectivity index (χ4v) is 7.42. The van der Waals surface area contributed by atoms with E-state index in [4.69, 9.17) is 4.74 Å². The molecule has 1 atom stereocenters. The van der Waals surface area contributed by atoms with Crippen molar-refractivity contribution in [1.29, 1.82) is 0 Å². The van der Waals surface area contributed by atoms with Crippen LogP contribution in [0.4, 0.5) is 5.82 Å². The first-order valence-corrected chi connectivity index (χ1v) is 14.9. The van der Waals surface area contributed by atoms with Crippen LogP contribution < -0.4 is 10.1 Å². The third-order valence-electron chi connectivity index (χ3n) is 8.32. The van der Waals surface area contributed by atoms with Crippen LogP contribution in [0.2, 0.25) is 0 Å². The molecule has 2 N–H and O–H groups in total. The number of hydrogen-bond acceptors (Lipinski definition) is 6. The highest BCUT2D eigenvalue weighted by Crippen LogP contribution is 2.51. The molecule has 2 fully saturated rings. The predicted molar refractivity (Wildman–Crippen MR) is 148 cm³/mol. The number of aliphatic hydroxyl groups is 1. The smallest absolute Gasteiger partial charge is 0.243 e. The summed E-state index contributed by atoms with van der Waals surface area (Å²) in [5, 5.41) is 12.6. The van der Waals surface area contributed by atoms with Crippen LogP contribution in [0.15, 0.2) is 65.6 Å². The fourth-order valence-electron chi connectivity index (χ4n) is 5.73. The number of amides is 1. The minimum Gasteiger partial charge on any atom is -0.492 e. The first-order valence-electron chi connectivity index (χ1n) is 13.4. The Morgan fingerprint density at radius 2 is 1.90 bits per heavy atom. The zero-order valence-corrected chi connectivity index (χ0v) is 23.0. The molecule has 0 radical (unpaired) electrons. The second kappa shape index (κ2) is 9.43. The largest absolute Gasteiger partial charge is 0.492 e. The van der Waals surface area contributed by atoms with Crippen molar-refractivity contribution in [3.8, 4) is 17.0 Å². The van der Waals surface area contributed by atoms with E-state index in [1.54, 1.807) is 30.3 Å². The summed E-state index contributed by atoms with van der Waals surface area (Å²) in [6, 6.07) is 17.7. The molecule has 204 valence electrons. The first-order chi connectivity index (χ1) is 18.6. The Morgan fingerprint density at radius 1 is 1.13 bits per heavy atom. The molecule has 0 unspecified atom stereocenters. The molecule has 6 rings (SSSR count). The van der Waals surface area contributed by atoms with E-state index in [1.807, 2.05) is 24.3 Å². The first kappa shape index (κ1) is 26.0. The summed E-state index contributed by atoms with van der Waals surface area (Å²) in [4.78, 5) is 18.3. The van der Waals surface area contributed by atoms with E-state index in [2.05, 4.69) is 30.2 Å². The second-order valence-electron chi connectivity index (χ2n) is 11.4. The lowest BCUT2D eigenvalue weighted by molar-refractivity contribution is -0.118. The van der Waals surface area contributed by atoms with Crippen LogP contribution in [-0.2, 0) is 25.6 Å². The van der Waals surface area contributed by atoms with E-state index in [0.717, 1.165) is 41.7 Å². The number of aromatic nitrogens is 1. The Labute approximate surface area is 229 Å². The molecule has 1 aliphatic carbocycles. The lowest BCUT2D eigenvalue weighted by Gasteiger charge is -2.22. The molecule has 3 aromatic rings. The number of hydrogen-bond donors (Lipinski definition) is 2. The van der Waals surface area contributed by atoms with Gasteiger partial charge < -0.3 is 15.2 Å². The molecular formula is C30H33N3O5S. The van der Waals surface area contributed by atoms with Gasteiger partial charge in [0.25, 0.3) is 0 Å². The third kappa shape index (κ3) is 4.52. The minimum absolute atomic E-state index is 0.0747. The van der Waals surface area contributed by atoms with Crippen LogP contribution in [-0.4, -0.2) is 54.5 Å². The maximum absolute atomic E-state index is 13.5. The van der Waals surface area contributed by atoms with Gasteiger partial charge in [-0.3, -0.25) is 4.79 Å². The van der Waals surface area contributed by atoms with Gasteiger partial charge in [-0.1, -0.05) is 44.2 Å². The number of aliphatic hydroxyl groups excluding tert-OH is 1. The molecule has 3 aliphatic rings. The van der Waals surface area contributed by atoms with Gasteiger partial charge in [-0.25, -0.2) is 13.4 Å². The number of nitrogens with zero attached hydrogens (tertiary/aromatic N) is 2. The van der Waals surface area contributed by atoms with Crippen LogP contribution in [0.25, 0.3) is 11.3 Å². The molecule has 1 saturated heterocycles. The number of carbonyl (C=O) groups excluding carboxylic acids is 1. The van der Waals surface area contributed by atoms with Crippen molar-refractivity contribution in [2.24, 2.45) is 0 Å². The van der Waals surface area contributed by atoms with Gasteiger partial charge in [0.1, 0.15) is 11.6 Å². The number of anilines is 1. The molecule has 2 aliphatic heterocycles. The van der Waals surface area contributed by atoms with Crippen LogP contribution in [0.1, 0.15) is 50.7 Å². The minimum atomic E-state index is -3.68. The van der Waals surface area contributed by atoms with Gasteiger partial charge in [0.2, 0.25) is 15.9 Å². The summed E-state index contributed by atoms with van der Waals surface area (Å²) in [6.07, 6.45) is 2.97. The molecule has 0 spiro atoms. The Morgan fingerprint density at radius 3 is 2.62 bits per heavy atom.